The van der Waals surface area contributed by atoms with E-state index in [-0.39, 0.29) is 10.6 Å². The second-order valence-corrected chi connectivity index (χ2v) is 8.85. The van der Waals surface area contributed by atoms with Crippen LogP contribution in [0.15, 0.2) is 53.6 Å². The SMILES string of the molecule is CC(C)(C)c1nn(-c2ccccc2)cc1S(=O)(=O)Nc1ccc(F)c(F)c1F. The van der Waals surface area contributed by atoms with Gasteiger partial charge in [-0.1, -0.05) is 39.0 Å². The van der Waals surface area contributed by atoms with E-state index in [4.69, 9.17) is 0 Å². The number of anilines is 1. The molecule has 28 heavy (non-hydrogen) atoms. The molecule has 0 atom stereocenters. The number of halogens is 3. The van der Waals surface area contributed by atoms with Crippen LogP contribution in [0.2, 0.25) is 0 Å². The highest BCUT2D eigenvalue weighted by molar-refractivity contribution is 7.92. The normalized spacial score (nSPS) is 12.2. The fourth-order valence-electron chi connectivity index (χ4n) is 2.59. The Bertz CT molecular complexity index is 1120. The maximum Gasteiger partial charge on any atom is 0.265 e. The Morgan fingerprint density at radius 3 is 2.21 bits per heavy atom. The summed E-state index contributed by atoms with van der Waals surface area (Å²) >= 11 is 0. The molecule has 0 aliphatic heterocycles. The van der Waals surface area contributed by atoms with E-state index >= 15 is 0 Å². The summed E-state index contributed by atoms with van der Waals surface area (Å²) in [5, 5.41) is 4.38. The Morgan fingerprint density at radius 2 is 1.61 bits per heavy atom. The highest BCUT2D eigenvalue weighted by Crippen LogP contribution is 2.31. The average molecular weight is 409 g/mol. The van der Waals surface area contributed by atoms with Crippen molar-refractivity contribution in [1.29, 1.82) is 0 Å². The van der Waals surface area contributed by atoms with Crippen molar-refractivity contribution in [1.82, 2.24) is 9.78 Å². The Balaban J connectivity index is 2.11. The quantitative estimate of drug-likeness (QED) is 0.650. The van der Waals surface area contributed by atoms with Gasteiger partial charge in [-0.15, -0.1) is 0 Å². The molecule has 0 saturated heterocycles. The van der Waals surface area contributed by atoms with Crippen molar-refractivity contribution in [2.45, 2.75) is 31.1 Å². The lowest BCUT2D eigenvalue weighted by molar-refractivity contribution is 0.449. The largest absolute Gasteiger partial charge is 0.276 e. The topological polar surface area (TPSA) is 64.0 Å². The van der Waals surface area contributed by atoms with Gasteiger partial charge in [0.2, 0.25) is 0 Å². The van der Waals surface area contributed by atoms with E-state index in [2.05, 4.69) is 5.10 Å². The monoisotopic (exact) mass is 409 g/mol. The molecule has 9 heteroatoms. The van der Waals surface area contributed by atoms with Gasteiger partial charge in [0.25, 0.3) is 10.0 Å². The summed E-state index contributed by atoms with van der Waals surface area (Å²) in [4.78, 5) is -0.187. The van der Waals surface area contributed by atoms with Gasteiger partial charge < -0.3 is 0 Å². The van der Waals surface area contributed by atoms with E-state index in [9.17, 15) is 21.6 Å². The third-order valence-corrected chi connectivity index (χ3v) is 5.35. The summed E-state index contributed by atoms with van der Waals surface area (Å²) in [6.07, 6.45) is 1.30. The fourth-order valence-corrected chi connectivity index (χ4v) is 3.99. The Hall–Kier alpha value is -2.81. The maximum atomic E-state index is 14.0. The van der Waals surface area contributed by atoms with Crippen LogP contribution in [-0.2, 0) is 15.4 Å². The number of nitrogens with one attached hydrogen (secondary N) is 1. The molecule has 3 rings (SSSR count). The summed E-state index contributed by atoms with van der Waals surface area (Å²) in [6, 6.07) is 10.3. The van der Waals surface area contributed by atoms with Crippen molar-refractivity contribution in [3.63, 3.8) is 0 Å². The van der Waals surface area contributed by atoms with Gasteiger partial charge in [0.1, 0.15) is 4.90 Å². The van der Waals surface area contributed by atoms with Crippen molar-refractivity contribution in [2.24, 2.45) is 0 Å². The van der Waals surface area contributed by atoms with Crippen molar-refractivity contribution in [3.8, 4) is 5.69 Å². The summed E-state index contributed by atoms with van der Waals surface area (Å²) in [5.74, 6) is -4.78. The number of aromatic nitrogens is 2. The van der Waals surface area contributed by atoms with Crippen LogP contribution in [0.25, 0.3) is 5.69 Å². The zero-order valence-electron chi connectivity index (χ0n) is 15.4. The van der Waals surface area contributed by atoms with Crippen molar-refractivity contribution >= 4 is 15.7 Å². The van der Waals surface area contributed by atoms with E-state index < -0.39 is 38.6 Å². The zero-order valence-corrected chi connectivity index (χ0v) is 16.2. The van der Waals surface area contributed by atoms with Gasteiger partial charge in [-0.25, -0.2) is 26.3 Å². The molecule has 1 aromatic heterocycles. The van der Waals surface area contributed by atoms with Gasteiger partial charge in [0.15, 0.2) is 17.5 Å². The van der Waals surface area contributed by atoms with E-state index in [0.717, 1.165) is 6.07 Å². The minimum Gasteiger partial charge on any atom is -0.276 e. The number of rotatable bonds is 4. The van der Waals surface area contributed by atoms with Gasteiger partial charge in [-0.2, -0.15) is 5.10 Å². The van der Waals surface area contributed by atoms with Crippen LogP contribution < -0.4 is 4.72 Å². The van der Waals surface area contributed by atoms with Gasteiger partial charge in [-0.3, -0.25) is 4.72 Å². The van der Waals surface area contributed by atoms with Crippen molar-refractivity contribution in [2.75, 3.05) is 4.72 Å². The molecule has 0 aliphatic rings. The van der Waals surface area contributed by atoms with Crippen LogP contribution in [0.1, 0.15) is 26.5 Å². The van der Waals surface area contributed by atoms with Crippen LogP contribution in [0, 0.1) is 17.5 Å². The molecule has 148 valence electrons. The average Bonchev–Trinajstić information content (AvgIpc) is 3.10. The molecule has 5 nitrogen and oxygen atoms in total. The number of sulfonamides is 1. The smallest absolute Gasteiger partial charge is 0.265 e. The second kappa shape index (κ2) is 6.97. The Labute approximate surface area is 160 Å². The third-order valence-electron chi connectivity index (χ3n) is 3.98. The van der Waals surface area contributed by atoms with Gasteiger partial charge in [0, 0.05) is 5.41 Å². The van der Waals surface area contributed by atoms with Crippen LogP contribution in [-0.4, -0.2) is 18.2 Å². The summed E-state index contributed by atoms with van der Waals surface area (Å²) in [7, 11) is -4.33. The molecule has 3 aromatic rings. The Morgan fingerprint density at radius 1 is 0.964 bits per heavy atom. The number of nitrogens with zero attached hydrogens (tertiary/aromatic N) is 2. The predicted molar refractivity (Wildman–Crippen MR) is 99.4 cm³/mol. The van der Waals surface area contributed by atoms with Gasteiger partial charge >= 0.3 is 0 Å². The number of para-hydroxylation sites is 1. The third kappa shape index (κ3) is 3.75. The number of hydrogen-bond donors (Lipinski definition) is 1. The molecule has 2 aromatic carbocycles. The van der Waals surface area contributed by atoms with E-state index in [1.54, 1.807) is 45.0 Å². The van der Waals surface area contributed by atoms with E-state index in [1.807, 2.05) is 10.8 Å². The van der Waals surface area contributed by atoms with Gasteiger partial charge in [-0.05, 0) is 24.3 Å². The molecule has 0 spiro atoms. The molecular weight excluding hydrogens is 391 g/mol. The van der Waals surface area contributed by atoms with E-state index in [1.165, 1.54) is 10.9 Å². The maximum absolute atomic E-state index is 14.0. The van der Waals surface area contributed by atoms with E-state index in [0.29, 0.717) is 11.8 Å². The number of benzene rings is 2. The lowest BCUT2D eigenvalue weighted by atomic mass is 9.92. The molecule has 0 fully saturated rings. The minimum absolute atomic E-state index is 0.187. The summed E-state index contributed by atoms with van der Waals surface area (Å²) in [6.45, 7) is 5.34. The second-order valence-electron chi connectivity index (χ2n) is 7.20. The minimum atomic E-state index is -4.33. The van der Waals surface area contributed by atoms with Crippen LogP contribution in [0.5, 0.6) is 0 Å². The molecule has 0 bridgehead atoms. The van der Waals surface area contributed by atoms with Crippen LogP contribution in [0.4, 0.5) is 18.9 Å². The summed E-state index contributed by atoms with van der Waals surface area (Å²) < 4.78 is 69.7. The van der Waals surface area contributed by atoms with Crippen molar-refractivity contribution < 1.29 is 21.6 Å². The Kier molecular flexibility index (Phi) is 4.97. The first-order chi connectivity index (χ1) is 13.0. The molecule has 0 saturated carbocycles. The van der Waals surface area contributed by atoms with Crippen LogP contribution in [0.3, 0.4) is 0 Å². The molecule has 0 amide bonds. The molecule has 0 radical (unpaired) electrons. The highest BCUT2D eigenvalue weighted by Gasteiger charge is 2.31. The van der Waals surface area contributed by atoms with Gasteiger partial charge in [0.05, 0.1) is 23.3 Å². The first-order valence-corrected chi connectivity index (χ1v) is 9.81. The van der Waals surface area contributed by atoms with Crippen LogP contribution >= 0.6 is 0 Å². The molecule has 1 heterocycles. The summed E-state index contributed by atoms with van der Waals surface area (Å²) in [5.41, 5.74) is -0.469. The zero-order chi connectivity index (χ0) is 20.7. The molecule has 0 aliphatic carbocycles. The fraction of sp³-hybridized carbons (Fsp3) is 0.211. The molecular formula is C19H18F3N3O2S. The lowest BCUT2D eigenvalue weighted by Crippen LogP contribution is -2.21. The predicted octanol–water partition coefficient (Wildman–Crippen LogP) is 4.39. The first-order valence-electron chi connectivity index (χ1n) is 8.32. The first kappa shape index (κ1) is 19.9. The number of hydrogen-bond acceptors (Lipinski definition) is 3. The molecule has 0 unspecified atom stereocenters. The lowest BCUT2D eigenvalue weighted by Gasteiger charge is -2.18. The standard InChI is InChI=1S/C19H18F3N3O2S/c1-19(2,3)18-15(11-25(23-18)12-7-5-4-6-8-12)28(26,27)24-14-10-9-13(20)16(21)17(14)22/h4-11,24H,1-3H3. The highest BCUT2D eigenvalue weighted by atomic mass is 32.2. The molecule has 1 N–H and O–H groups in total. The van der Waals surface area contributed by atoms with Crippen molar-refractivity contribution in [3.05, 3.63) is 71.8 Å².